The molecule has 0 radical (unpaired) electrons. The molecule has 1 N–H and O–H groups in total. The highest BCUT2D eigenvalue weighted by Gasteiger charge is 2.30. The molecule has 0 aliphatic rings. The number of hydrogen-bond donors (Lipinski definition) is 1. The van der Waals surface area contributed by atoms with Crippen molar-refractivity contribution >= 4 is 23.0 Å². The van der Waals surface area contributed by atoms with E-state index in [4.69, 9.17) is 16.9 Å². The first-order valence-corrected chi connectivity index (χ1v) is 6.86. The maximum atomic E-state index is 12.7. The van der Waals surface area contributed by atoms with Crippen LogP contribution in [0, 0.1) is 11.3 Å². The van der Waals surface area contributed by atoms with Crippen LogP contribution in [-0.2, 0) is 6.18 Å². The molecule has 2 rings (SSSR count). The molecule has 23 heavy (non-hydrogen) atoms. The number of nitrogens with one attached hydrogen (secondary N) is 1. The Bertz CT molecular complexity index is 775. The second-order valence-electron chi connectivity index (χ2n) is 4.69. The van der Waals surface area contributed by atoms with Crippen LogP contribution < -0.4 is 5.43 Å². The third-order valence-corrected chi connectivity index (χ3v) is 3.40. The molecular formula is C16H11ClF3N3. The van der Waals surface area contributed by atoms with Crippen LogP contribution in [0.15, 0.2) is 47.6 Å². The Kier molecular flexibility index (Phi) is 4.92. The molecule has 0 aromatic heterocycles. The molecular weight excluding hydrogens is 327 g/mol. The van der Waals surface area contributed by atoms with Crippen LogP contribution in [0.1, 0.15) is 23.6 Å². The summed E-state index contributed by atoms with van der Waals surface area (Å²) in [4.78, 5) is 0. The predicted molar refractivity (Wildman–Crippen MR) is 83.4 cm³/mol. The smallest absolute Gasteiger partial charge is 0.277 e. The molecule has 0 unspecified atom stereocenters. The van der Waals surface area contributed by atoms with E-state index in [1.165, 1.54) is 6.07 Å². The van der Waals surface area contributed by atoms with E-state index in [1.54, 1.807) is 31.2 Å². The fraction of sp³-hybridized carbons (Fsp3) is 0.125. The number of alkyl halides is 3. The molecule has 0 aliphatic heterocycles. The van der Waals surface area contributed by atoms with Gasteiger partial charge in [-0.05, 0) is 42.8 Å². The quantitative estimate of drug-likeness (QED) is 0.628. The molecule has 2 aromatic carbocycles. The van der Waals surface area contributed by atoms with E-state index in [2.05, 4.69) is 10.5 Å². The van der Waals surface area contributed by atoms with Crippen LogP contribution in [0.3, 0.4) is 0 Å². The number of anilines is 1. The first kappa shape index (κ1) is 16.8. The highest BCUT2D eigenvalue weighted by atomic mass is 35.5. The second-order valence-corrected chi connectivity index (χ2v) is 5.10. The number of nitrogens with zero attached hydrogens (tertiary/aromatic N) is 2. The summed E-state index contributed by atoms with van der Waals surface area (Å²) in [6, 6.07) is 11.6. The van der Waals surface area contributed by atoms with Gasteiger partial charge in [-0.25, -0.2) is 0 Å². The zero-order valence-corrected chi connectivity index (χ0v) is 12.7. The minimum atomic E-state index is -4.45. The monoisotopic (exact) mass is 337 g/mol. The molecule has 0 heterocycles. The van der Waals surface area contributed by atoms with Gasteiger partial charge in [-0.2, -0.15) is 23.5 Å². The molecule has 0 fully saturated rings. The van der Waals surface area contributed by atoms with Gasteiger partial charge < -0.3 is 0 Å². The summed E-state index contributed by atoms with van der Waals surface area (Å²) in [6.07, 6.45) is -4.45. The summed E-state index contributed by atoms with van der Waals surface area (Å²) in [7, 11) is 0. The van der Waals surface area contributed by atoms with Gasteiger partial charge in [0.25, 0.3) is 0 Å². The first-order chi connectivity index (χ1) is 10.8. The van der Waals surface area contributed by atoms with E-state index in [9.17, 15) is 13.2 Å². The third-order valence-electron chi connectivity index (χ3n) is 3.07. The molecule has 118 valence electrons. The van der Waals surface area contributed by atoms with E-state index in [1.807, 2.05) is 6.07 Å². The molecule has 2 aromatic rings. The molecule has 0 bridgehead atoms. The third kappa shape index (κ3) is 4.24. The Morgan fingerprint density at radius 2 is 1.83 bits per heavy atom. The zero-order valence-electron chi connectivity index (χ0n) is 11.9. The number of rotatable bonds is 3. The van der Waals surface area contributed by atoms with Crippen LogP contribution in [-0.4, -0.2) is 5.71 Å². The lowest BCUT2D eigenvalue weighted by Gasteiger charge is -2.10. The van der Waals surface area contributed by atoms with Gasteiger partial charge in [0, 0.05) is 0 Å². The lowest BCUT2D eigenvalue weighted by molar-refractivity contribution is -0.137. The minimum Gasteiger partial charge on any atom is -0.277 e. The van der Waals surface area contributed by atoms with Gasteiger partial charge in [-0.1, -0.05) is 23.7 Å². The van der Waals surface area contributed by atoms with Crippen molar-refractivity contribution in [2.24, 2.45) is 5.10 Å². The topological polar surface area (TPSA) is 48.2 Å². The summed E-state index contributed by atoms with van der Waals surface area (Å²) in [5.41, 5.74) is 3.59. The molecule has 0 atom stereocenters. The van der Waals surface area contributed by atoms with Gasteiger partial charge in [0.2, 0.25) is 0 Å². The summed E-state index contributed by atoms with van der Waals surface area (Å²) in [5.74, 6) is 0. The number of benzene rings is 2. The highest BCUT2D eigenvalue weighted by Crippen LogP contribution is 2.33. The lowest BCUT2D eigenvalue weighted by Crippen LogP contribution is -2.06. The van der Waals surface area contributed by atoms with E-state index < -0.39 is 11.7 Å². The van der Waals surface area contributed by atoms with Crippen LogP contribution in [0.4, 0.5) is 18.9 Å². The number of hydrogen-bond acceptors (Lipinski definition) is 3. The van der Waals surface area contributed by atoms with Crippen molar-refractivity contribution in [2.45, 2.75) is 13.1 Å². The summed E-state index contributed by atoms with van der Waals surface area (Å²) < 4.78 is 38.1. The molecule has 0 saturated carbocycles. The van der Waals surface area contributed by atoms with Crippen molar-refractivity contribution in [3.8, 4) is 6.07 Å². The Balaban J connectivity index is 2.23. The van der Waals surface area contributed by atoms with Gasteiger partial charge in [0.1, 0.15) is 0 Å². The van der Waals surface area contributed by atoms with Gasteiger partial charge in [-0.3, -0.25) is 5.43 Å². The van der Waals surface area contributed by atoms with E-state index >= 15 is 0 Å². The lowest BCUT2D eigenvalue weighted by atomic mass is 10.1. The van der Waals surface area contributed by atoms with Crippen molar-refractivity contribution in [1.82, 2.24) is 0 Å². The summed E-state index contributed by atoms with van der Waals surface area (Å²) in [5, 5.41) is 12.9. The highest BCUT2D eigenvalue weighted by molar-refractivity contribution is 6.33. The van der Waals surface area contributed by atoms with E-state index in [-0.39, 0.29) is 10.7 Å². The number of hydrazone groups is 1. The van der Waals surface area contributed by atoms with Crippen LogP contribution in [0.5, 0.6) is 0 Å². The molecule has 0 saturated heterocycles. The maximum absolute atomic E-state index is 12.7. The minimum absolute atomic E-state index is 0.0643. The average Bonchev–Trinajstić information content (AvgIpc) is 2.52. The molecule has 0 aliphatic carbocycles. The number of halogens is 4. The normalized spacial score (nSPS) is 11.9. The Hall–Kier alpha value is -2.52. The Morgan fingerprint density at radius 3 is 2.39 bits per heavy atom. The van der Waals surface area contributed by atoms with Crippen LogP contribution in [0.25, 0.3) is 0 Å². The van der Waals surface area contributed by atoms with Gasteiger partial charge in [-0.15, -0.1) is 0 Å². The predicted octanol–water partition coefficient (Wildman–Crippen LogP) is 5.07. The van der Waals surface area contributed by atoms with Crippen molar-refractivity contribution in [3.63, 3.8) is 0 Å². The van der Waals surface area contributed by atoms with Gasteiger partial charge in [0.15, 0.2) is 0 Å². The fourth-order valence-electron chi connectivity index (χ4n) is 1.78. The molecule has 0 amide bonds. The second kappa shape index (κ2) is 6.71. The molecule has 7 heteroatoms. The fourth-order valence-corrected chi connectivity index (χ4v) is 1.94. The average molecular weight is 338 g/mol. The summed E-state index contributed by atoms with van der Waals surface area (Å²) >= 11 is 5.88. The molecule has 3 nitrogen and oxygen atoms in total. The SMILES string of the molecule is C/C(=N\Nc1cc(C(F)(F)F)ccc1Cl)c1ccc(C#N)cc1. The zero-order chi connectivity index (χ0) is 17.0. The summed E-state index contributed by atoms with van der Waals surface area (Å²) in [6.45, 7) is 1.69. The van der Waals surface area contributed by atoms with Gasteiger partial charge >= 0.3 is 6.18 Å². The standard InChI is InChI=1S/C16H11ClF3N3/c1-10(12-4-2-11(9-21)3-5-12)22-23-15-8-13(16(18,19)20)6-7-14(15)17/h2-8,23H,1H3/b22-10+. The van der Waals surface area contributed by atoms with Crippen LogP contribution in [0.2, 0.25) is 5.02 Å². The van der Waals surface area contributed by atoms with E-state index in [0.29, 0.717) is 11.3 Å². The molecule has 0 spiro atoms. The van der Waals surface area contributed by atoms with Gasteiger partial charge in [0.05, 0.1) is 33.6 Å². The van der Waals surface area contributed by atoms with Crippen molar-refractivity contribution < 1.29 is 13.2 Å². The Labute approximate surface area is 136 Å². The van der Waals surface area contributed by atoms with E-state index in [0.717, 1.165) is 17.7 Å². The Morgan fingerprint density at radius 1 is 1.17 bits per heavy atom. The van der Waals surface area contributed by atoms with Crippen molar-refractivity contribution in [3.05, 3.63) is 64.2 Å². The first-order valence-electron chi connectivity index (χ1n) is 6.49. The van der Waals surface area contributed by atoms with Crippen molar-refractivity contribution in [2.75, 3.05) is 5.43 Å². The number of nitriles is 1. The largest absolute Gasteiger partial charge is 0.416 e. The van der Waals surface area contributed by atoms with Crippen molar-refractivity contribution in [1.29, 1.82) is 5.26 Å². The van der Waals surface area contributed by atoms with Crippen LogP contribution >= 0.6 is 11.6 Å². The maximum Gasteiger partial charge on any atom is 0.416 e.